The van der Waals surface area contributed by atoms with Crippen molar-refractivity contribution in [3.05, 3.63) is 23.0 Å². The van der Waals surface area contributed by atoms with E-state index in [0.29, 0.717) is 5.15 Å². The van der Waals surface area contributed by atoms with Gasteiger partial charge in [-0.15, -0.1) is 0 Å². The number of hydrogen-bond donors (Lipinski definition) is 0. The zero-order valence-electron chi connectivity index (χ0n) is 7.76. The van der Waals surface area contributed by atoms with Gasteiger partial charge in [-0.05, 0) is 31.4 Å². The number of hydrogen-bond acceptors (Lipinski definition) is 2. The summed E-state index contributed by atoms with van der Waals surface area (Å²) >= 11 is 5.86. The molecule has 0 radical (unpaired) electrons. The zero-order chi connectivity index (χ0) is 9.26. The normalized spacial score (nSPS) is 16.6. The van der Waals surface area contributed by atoms with Gasteiger partial charge in [0.15, 0.2) is 0 Å². The van der Waals surface area contributed by atoms with E-state index in [-0.39, 0.29) is 0 Å². The lowest BCUT2D eigenvalue weighted by Gasteiger charge is -2.17. The minimum absolute atomic E-state index is 0.614. The third-order valence-electron chi connectivity index (χ3n) is 2.47. The first kappa shape index (κ1) is 8.82. The maximum atomic E-state index is 5.86. The second-order valence-corrected chi connectivity index (χ2v) is 3.85. The highest BCUT2D eigenvalue weighted by Gasteiger charge is 2.12. The van der Waals surface area contributed by atoms with Crippen molar-refractivity contribution in [2.24, 2.45) is 0 Å². The fourth-order valence-electron chi connectivity index (χ4n) is 1.69. The predicted molar refractivity (Wildman–Crippen MR) is 55.4 cm³/mol. The van der Waals surface area contributed by atoms with Gasteiger partial charge in [-0.25, -0.2) is 4.98 Å². The molecule has 1 aromatic rings. The van der Waals surface area contributed by atoms with Gasteiger partial charge in [-0.2, -0.15) is 0 Å². The van der Waals surface area contributed by atoms with Gasteiger partial charge in [0.2, 0.25) is 0 Å². The quantitative estimate of drug-likeness (QED) is 0.642. The van der Waals surface area contributed by atoms with Gasteiger partial charge in [0.1, 0.15) is 5.15 Å². The largest absolute Gasteiger partial charge is 0.370 e. The van der Waals surface area contributed by atoms with Crippen molar-refractivity contribution < 1.29 is 0 Å². The van der Waals surface area contributed by atoms with Crippen LogP contribution in [0.3, 0.4) is 0 Å². The third kappa shape index (κ3) is 1.78. The van der Waals surface area contributed by atoms with E-state index in [4.69, 9.17) is 11.6 Å². The molecule has 3 heteroatoms. The summed E-state index contributed by atoms with van der Waals surface area (Å²) < 4.78 is 0. The average molecular weight is 197 g/mol. The lowest BCUT2D eigenvalue weighted by atomic mass is 10.3. The van der Waals surface area contributed by atoms with Crippen molar-refractivity contribution in [1.82, 2.24) is 4.98 Å². The lowest BCUT2D eigenvalue weighted by Crippen LogP contribution is -2.17. The number of pyridine rings is 1. The second-order valence-electron chi connectivity index (χ2n) is 3.50. The van der Waals surface area contributed by atoms with Crippen LogP contribution in [-0.2, 0) is 0 Å². The Labute approximate surface area is 83.5 Å². The fraction of sp³-hybridized carbons (Fsp3) is 0.500. The smallest absolute Gasteiger partial charge is 0.132 e. The van der Waals surface area contributed by atoms with Crippen molar-refractivity contribution in [2.45, 2.75) is 19.8 Å². The number of nitrogens with zero attached hydrogens (tertiary/aromatic N) is 2. The maximum Gasteiger partial charge on any atom is 0.132 e. The van der Waals surface area contributed by atoms with Crippen LogP contribution in [0, 0.1) is 6.92 Å². The van der Waals surface area contributed by atoms with Crippen molar-refractivity contribution in [3.63, 3.8) is 0 Å². The Morgan fingerprint density at radius 3 is 2.69 bits per heavy atom. The number of halogens is 1. The topological polar surface area (TPSA) is 16.1 Å². The molecule has 1 saturated heterocycles. The van der Waals surface area contributed by atoms with E-state index >= 15 is 0 Å². The van der Waals surface area contributed by atoms with Crippen LogP contribution < -0.4 is 4.90 Å². The van der Waals surface area contributed by atoms with Gasteiger partial charge in [0.25, 0.3) is 0 Å². The molecule has 1 aliphatic heterocycles. The molecule has 0 bridgehead atoms. The molecule has 1 aliphatic rings. The van der Waals surface area contributed by atoms with Crippen LogP contribution in [-0.4, -0.2) is 18.1 Å². The van der Waals surface area contributed by atoms with E-state index in [9.17, 15) is 0 Å². The molecule has 0 unspecified atom stereocenters. The van der Waals surface area contributed by atoms with E-state index in [2.05, 4.69) is 16.0 Å². The lowest BCUT2D eigenvalue weighted by molar-refractivity contribution is 0.949. The minimum Gasteiger partial charge on any atom is -0.370 e. The van der Waals surface area contributed by atoms with Crippen LogP contribution in [0.4, 0.5) is 5.69 Å². The van der Waals surface area contributed by atoms with E-state index in [0.717, 1.165) is 18.7 Å². The molecular formula is C10H13ClN2. The molecule has 0 saturated carbocycles. The van der Waals surface area contributed by atoms with Crippen LogP contribution in [0.5, 0.6) is 0 Å². The summed E-state index contributed by atoms with van der Waals surface area (Å²) in [6.07, 6.45) is 4.45. The summed E-state index contributed by atoms with van der Waals surface area (Å²) in [5.41, 5.74) is 2.27. The molecule has 2 nitrogen and oxygen atoms in total. The molecule has 1 fully saturated rings. The van der Waals surface area contributed by atoms with Gasteiger partial charge in [-0.3, -0.25) is 0 Å². The first-order valence-corrected chi connectivity index (χ1v) is 5.02. The Morgan fingerprint density at radius 2 is 2.08 bits per heavy atom. The van der Waals surface area contributed by atoms with E-state index < -0.39 is 0 Å². The van der Waals surface area contributed by atoms with Gasteiger partial charge in [-0.1, -0.05) is 11.6 Å². The standard InChI is InChI=1S/C10H13ClN2/c1-8-6-9(7-12-10(8)11)13-4-2-3-5-13/h6-7H,2-5H2,1H3. The highest BCUT2D eigenvalue weighted by atomic mass is 35.5. The van der Waals surface area contributed by atoms with Crippen LogP contribution in [0.25, 0.3) is 0 Å². The first-order valence-electron chi connectivity index (χ1n) is 4.64. The van der Waals surface area contributed by atoms with Crippen LogP contribution in [0.2, 0.25) is 5.15 Å². The maximum absolute atomic E-state index is 5.86. The van der Waals surface area contributed by atoms with E-state index in [1.54, 1.807) is 0 Å². The van der Waals surface area contributed by atoms with Gasteiger partial charge >= 0.3 is 0 Å². The summed E-state index contributed by atoms with van der Waals surface area (Å²) in [6, 6.07) is 2.11. The molecule has 0 spiro atoms. The monoisotopic (exact) mass is 196 g/mol. The van der Waals surface area contributed by atoms with Crippen molar-refractivity contribution in [2.75, 3.05) is 18.0 Å². The SMILES string of the molecule is Cc1cc(N2CCCC2)cnc1Cl. The highest BCUT2D eigenvalue weighted by Crippen LogP contribution is 2.22. The molecule has 0 atom stereocenters. The minimum atomic E-state index is 0.614. The number of rotatable bonds is 1. The second kappa shape index (κ2) is 3.54. The number of aryl methyl sites for hydroxylation is 1. The summed E-state index contributed by atoms with van der Waals surface area (Å²) in [5, 5.41) is 0.614. The van der Waals surface area contributed by atoms with Crippen LogP contribution in [0.15, 0.2) is 12.3 Å². The van der Waals surface area contributed by atoms with Crippen molar-refractivity contribution in [3.8, 4) is 0 Å². The molecule has 70 valence electrons. The Morgan fingerprint density at radius 1 is 1.38 bits per heavy atom. The van der Waals surface area contributed by atoms with Gasteiger partial charge in [0, 0.05) is 13.1 Å². The van der Waals surface area contributed by atoms with Crippen LogP contribution >= 0.6 is 11.6 Å². The molecule has 2 rings (SSSR count). The summed E-state index contributed by atoms with van der Waals surface area (Å²) in [5.74, 6) is 0. The molecule has 0 aromatic carbocycles. The zero-order valence-corrected chi connectivity index (χ0v) is 8.51. The van der Waals surface area contributed by atoms with Crippen molar-refractivity contribution >= 4 is 17.3 Å². The van der Waals surface area contributed by atoms with Crippen molar-refractivity contribution in [1.29, 1.82) is 0 Å². The Kier molecular flexibility index (Phi) is 2.40. The Bertz CT molecular complexity index is 306. The summed E-state index contributed by atoms with van der Waals surface area (Å²) in [6.45, 7) is 4.31. The predicted octanol–water partition coefficient (Wildman–Crippen LogP) is 2.64. The third-order valence-corrected chi connectivity index (χ3v) is 2.87. The van der Waals surface area contributed by atoms with E-state index in [1.807, 2.05) is 13.1 Å². The molecular weight excluding hydrogens is 184 g/mol. The average Bonchev–Trinajstić information content (AvgIpc) is 2.62. The van der Waals surface area contributed by atoms with Gasteiger partial charge in [0.05, 0.1) is 11.9 Å². The molecule has 1 aromatic heterocycles. The molecule has 0 N–H and O–H groups in total. The van der Waals surface area contributed by atoms with Crippen LogP contribution in [0.1, 0.15) is 18.4 Å². The van der Waals surface area contributed by atoms with Gasteiger partial charge < -0.3 is 4.90 Å². The first-order chi connectivity index (χ1) is 6.27. The molecule has 0 amide bonds. The molecule has 0 aliphatic carbocycles. The Hall–Kier alpha value is -0.760. The number of anilines is 1. The fourth-order valence-corrected chi connectivity index (χ4v) is 1.79. The van der Waals surface area contributed by atoms with E-state index in [1.165, 1.54) is 18.5 Å². The number of aromatic nitrogens is 1. The highest BCUT2D eigenvalue weighted by molar-refractivity contribution is 6.30. The molecule has 2 heterocycles. The molecule has 13 heavy (non-hydrogen) atoms. The summed E-state index contributed by atoms with van der Waals surface area (Å²) in [4.78, 5) is 6.50. The summed E-state index contributed by atoms with van der Waals surface area (Å²) in [7, 11) is 0. The Balaban J connectivity index is 2.25.